The first-order valence-electron chi connectivity index (χ1n) is 6.81. The van der Waals surface area contributed by atoms with Crippen LogP contribution in [0.15, 0.2) is 18.2 Å². The summed E-state index contributed by atoms with van der Waals surface area (Å²) >= 11 is 6.03. The summed E-state index contributed by atoms with van der Waals surface area (Å²) in [7, 11) is 1.65. The van der Waals surface area contributed by atoms with Crippen LogP contribution in [0.1, 0.15) is 39.0 Å². The van der Waals surface area contributed by atoms with Crippen molar-refractivity contribution in [1.29, 1.82) is 0 Å². The van der Waals surface area contributed by atoms with Crippen molar-refractivity contribution in [2.75, 3.05) is 12.4 Å². The Bertz CT molecular complexity index is 388. The maximum absolute atomic E-state index is 6.03. The Kier molecular flexibility index (Phi) is 4.76. The van der Waals surface area contributed by atoms with Gasteiger partial charge in [-0.1, -0.05) is 30.9 Å². The summed E-state index contributed by atoms with van der Waals surface area (Å²) in [6.07, 6.45) is 6.84. The van der Waals surface area contributed by atoms with Gasteiger partial charge >= 0.3 is 0 Å². The fourth-order valence-electron chi connectivity index (χ4n) is 2.76. The molecule has 3 heteroatoms. The zero-order valence-corrected chi connectivity index (χ0v) is 12.0. The number of hydrogen-bond donors (Lipinski definition) is 1. The number of nitrogens with one attached hydrogen (secondary N) is 1. The Morgan fingerprint density at radius 3 is 2.67 bits per heavy atom. The number of benzene rings is 1. The van der Waals surface area contributed by atoms with Crippen LogP contribution in [0.25, 0.3) is 0 Å². The Morgan fingerprint density at radius 2 is 2.00 bits per heavy atom. The van der Waals surface area contributed by atoms with E-state index >= 15 is 0 Å². The maximum atomic E-state index is 6.03. The lowest BCUT2D eigenvalue weighted by Crippen LogP contribution is -2.27. The number of rotatable bonds is 4. The molecule has 1 saturated carbocycles. The summed E-state index contributed by atoms with van der Waals surface area (Å²) in [6, 6.07) is 6.39. The molecule has 1 aliphatic rings. The third kappa shape index (κ3) is 3.32. The molecule has 0 aromatic heterocycles. The Balaban J connectivity index is 1.99. The number of ether oxygens (including phenoxy) is 1. The van der Waals surface area contributed by atoms with E-state index in [4.69, 9.17) is 16.3 Å². The normalized spacial score (nSPS) is 18.4. The van der Waals surface area contributed by atoms with Crippen molar-refractivity contribution in [3.8, 4) is 5.75 Å². The molecule has 2 rings (SSSR count). The summed E-state index contributed by atoms with van der Waals surface area (Å²) in [4.78, 5) is 0. The van der Waals surface area contributed by atoms with Gasteiger partial charge in [0.25, 0.3) is 0 Å². The number of hydrogen-bond acceptors (Lipinski definition) is 2. The largest absolute Gasteiger partial charge is 0.495 e. The minimum absolute atomic E-state index is 0.510. The molecule has 1 aromatic rings. The van der Waals surface area contributed by atoms with E-state index in [2.05, 4.69) is 12.2 Å². The molecule has 0 heterocycles. The smallest absolute Gasteiger partial charge is 0.139 e. The lowest BCUT2D eigenvalue weighted by molar-refractivity contribution is 0.328. The predicted octanol–water partition coefficient (Wildman–Crippen LogP) is 4.73. The second-order valence-corrected chi connectivity index (χ2v) is 5.59. The van der Waals surface area contributed by atoms with Crippen molar-refractivity contribution in [1.82, 2.24) is 0 Å². The summed E-state index contributed by atoms with van der Waals surface area (Å²) in [5, 5.41) is 4.24. The monoisotopic (exact) mass is 267 g/mol. The molecule has 1 unspecified atom stereocenters. The van der Waals surface area contributed by atoms with Crippen LogP contribution >= 0.6 is 11.6 Å². The van der Waals surface area contributed by atoms with Crippen molar-refractivity contribution >= 4 is 17.3 Å². The molecular formula is C15H22ClNO. The first kappa shape index (κ1) is 13.5. The van der Waals surface area contributed by atoms with Gasteiger partial charge in [0.2, 0.25) is 0 Å². The molecule has 1 aliphatic carbocycles. The van der Waals surface area contributed by atoms with Crippen LogP contribution in [-0.4, -0.2) is 13.2 Å². The first-order valence-corrected chi connectivity index (χ1v) is 7.18. The molecule has 0 radical (unpaired) electrons. The zero-order valence-electron chi connectivity index (χ0n) is 11.2. The molecule has 1 fully saturated rings. The second-order valence-electron chi connectivity index (χ2n) is 5.18. The number of methoxy groups -OCH3 is 1. The van der Waals surface area contributed by atoms with Crippen LogP contribution in [0.5, 0.6) is 5.75 Å². The molecule has 0 amide bonds. The fraction of sp³-hybridized carbons (Fsp3) is 0.600. The van der Waals surface area contributed by atoms with E-state index in [0.717, 1.165) is 17.4 Å². The third-order valence-electron chi connectivity index (χ3n) is 3.90. The Hall–Kier alpha value is -0.890. The average Bonchev–Trinajstić information content (AvgIpc) is 2.42. The molecule has 0 bridgehead atoms. The van der Waals surface area contributed by atoms with Gasteiger partial charge in [-0.25, -0.2) is 0 Å². The maximum Gasteiger partial charge on any atom is 0.139 e. The molecule has 2 nitrogen and oxygen atoms in total. The average molecular weight is 268 g/mol. The second kappa shape index (κ2) is 6.33. The Morgan fingerprint density at radius 1 is 1.28 bits per heavy atom. The van der Waals surface area contributed by atoms with Crippen LogP contribution in [0, 0.1) is 5.92 Å². The quantitative estimate of drug-likeness (QED) is 0.852. The molecule has 18 heavy (non-hydrogen) atoms. The highest BCUT2D eigenvalue weighted by atomic mass is 35.5. The van der Waals surface area contributed by atoms with Crippen molar-refractivity contribution < 1.29 is 4.74 Å². The van der Waals surface area contributed by atoms with Crippen molar-refractivity contribution in [3.63, 3.8) is 0 Å². The minimum Gasteiger partial charge on any atom is -0.495 e. The van der Waals surface area contributed by atoms with Crippen LogP contribution in [0.4, 0.5) is 5.69 Å². The summed E-state index contributed by atoms with van der Waals surface area (Å²) in [5.74, 6) is 1.53. The van der Waals surface area contributed by atoms with Crippen LogP contribution in [0.2, 0.25) is 5.02 Å². The van der Waals surface area contributed by atoms with Crippen molar-refractivity contribution in [2.24, 2.45) is 5.92 Å². The van der Waals surface area contributed by atoms with Gasteiger partial charge in [0.05, 0.1) is 12.1 Å². The number of anilines is 1. The van der Waals surface area contributed by atoms with E-state index in [0.29, 0.717) is 11.1 Å². The topological polar surface area (TPSA) is 21.3 Å². The van der Waals surface area contributed by atoms with E-state index in [-0.39, 0.29) is 0 Å². The zero-order chi connectivity index (χ0) is 13.0. The third-order valence-corrected chi connectivity index (χ3v) is 4.21. The van der Waals surface area contributed by atoms with Crippen LogP contribution < -0.4 is 10.1 Å². The van der Waals surface area contributed by atoms with Crippen molar-refractivity contribution in [3.05, 3.63) is 23.2 Å². The summed E-state index contributed by atoms with van der Waals surface area (Å²) in [6.45, 7) is 2.27. The van der Waals surface area contributed by atoms with Gasteiger partial charge in [-0.05, 0) is 37.8 Å². The van der Waals surface area contributed by atoms with Crippen molar-refractivity contribution in [2.45, 2.75) is 45.1 Å². The van der Waals surface area contributed by atoms with E-state index in [1.54, 1.807) is 7.11 Å². The highest BCUT2D eigenvalue weighted by Gasteiger charge is 2.19. The SMILES string of the molecule is COc1cc(NC(C)C2CCCCC2)ccc1Cl. The van der Waals surface area contributed by atoms with Gasteiger partial charge in [-0.3, -0.25) is 0 Å². The molecular weight excluding hydrogens is 246 g/mol. The van der Waals surface area contributed by atoms with Crippen LogP contribution in [-0.2, 0) is 0 Å². The van der Waals surface area contributed by atoms with Gasteiger partial charge in [0.1, 0.15) is 5.75 Å². The van der Waals surface area contributed by atoms with E-state index in [1.165, 1.54) is 32.1 Å². The molecule has 1 aromatic carbocycles. The van der Waals surface area contributed by atoms with Gasteiger partial charge in [-0.2, -0.15) is 0 Å². The summed E-state index contributed by atoms with van der Waals surface area (Å²) < 4.78 is 5.24. The molecule has 100 valence electrons. The lowest BCUT2D eigenvalue weighted by atomic mass is 9.84. The fourth-order valence-corrected chi connectivity index (χ4v) is 2.96. The minimum atomic E-state index is 0.510. The molecule has 0 spiro atoms. The van der Waals surface area contributed by atoms with Gasteiger partial charge in [0.15, 0.2) is 0 Å². The molecule has 0 aliphatic heterocycles. The standard InChI is InChI=1S/C15H22ClNO/c1-11(12-6-4-3-5-7-12)17-13-8-9-14(16)15(10-13)18-2/h8-12,17H,3-7H2,1-2H3. The lowest BCUT2D eigenvalue weighted by Gasteiger charge is -2.29. The van der Waals surface area contributed by atoms with Gasteiger partial charge in [-0.15, -0.1) is 0 Å². The first-order chi connectivity index (χ1) is 8.70. The predicted molar refractivity (Wildman–Crippen MR) is 77.7 cm³/mol. The summed E-state index contributed by atoms with van der Waals surface area (Å²) in [5.41, 5.74) is 1.09. The Labute approximate surface area is 115 Å². The molecule has 0 saturated heterocycles. The molecule has 1 N–H and O–H groups in total. The number of halogens is 1. The van der Waals surface area contributed by atoms with Gasteiger partial charge < -0.3 is 10.1 Å². The van der Waals surface area contributed by atoms with E-state index in [9.17, 15) is 0 Å². The van der Waals surface area contributed by atoms with Gasteiger partial charge in [0, 0.05) is 17.8 Å². The highest BCUT2D eigenvalue weighted by molar-refractivity contribution is 6.32. The van der Waals surface area contributed by atoms with Crippen LogP contribution in [0.3, 0.4) is 0 Å². The van der Waals surface area contributed by atoms with E-state index in [1.807, 2.05) is 18.2 Å². The van der Waals surface area contributed by atoms with E-state index < -0.39 is 0 Å². The highest BCUT2D eigenvalue weighted by Crippen LogP contribution is 2.31. The molecule has 1 atom stereocenters.